The van der Waals surface area contributed by atoms with Crippen molar-refractivity contribution in [3.8, 4) is 0 Å². The van der Waals surface area contributed by atoms with Crippen molar-refractivity contribution in [2.45, 2.75) is 39.2 Å². The van der Waals surface area contributed by atoms with Gasteiger partial charge in [-0.05, 0) is 54.4 Å². The molecule has 172 valence electrons. The quantitative estimate of drug-likeness (QED) is 0.336. The van der Waals surface area contributed by atoms with Gasteiger partial charge in [0.1, 0.15) is 10.9 Å². The highest BCUT2D eigenvalue weighted by Crippen LogP contribution is 2.31. The third kappa shape index (κ3) is 4.33. The van der Waals surface area contributed by atoms with Crippen LogP contribution in [0.2, 0.25) is 0 Å². The first-order valence-electron chi connectivity index (χ1n) is 11.3. The number of aliphatic imine (C=N–C) groups is 1. The Kier molecular flexibility index (Phi) is 6.15. The first kappa shape index (κ1) is 22.3. The van der Waals surface area contributed by atoms with Crippen LogP contribution in [0.5, 0.6) is 0 Å². The fourth-order valence-electron chi connectivity index (χ4n) is 4.12. The lowest BCUT2D eigenvalue weighted by Crippen LogP contribution is -2.35. The van der Waals surface area contributed by atoms with Crippen LogP contribution in [0.25, 0.3) is 17.0 Å². The van der Waals surface area contributed by atoms with Crippen molar-refractivity contribution >= 4 is 50.7 Å². The van der Waals surface area contributed by atoms with Crippen LogP contribution in [0.1, 0.15) is 43.7 Å². The predicted molar refractivity (Wildman–Crippen MR) is 137 cm³/mol. The fraction of sp³-hybridized carbons (Fsp3) is 0.231. The number of hydrogen-bond donors (Lipinski definition) is 1. The van der Waals surface area contributed by atoms with E-state index in [0.717, 1.165) is 52.8 Å². The highest BCUT2D eigenvalue weighted by molar-refractivity contribution is 8.26. The number of thioether (sulfide) groups is 1. The second-order valence-electron chi connectivity index (χ2n) is 8.33. The van der Waals surface area contributed by atoms with E-state index in [0.29, 0.717) is 11.7 Å². The van der Waals surface area contributed by atoms with Crippen LogP contribution in [-0.4, -0.2) is 31.5 Å². The van der Waals surface area contributed by atoms with Crippen LogP contribution < -0.4 is 0 Å². The van der Waals surface area contributed by atoms with Gasteiger partial charge in [0.25, 0.3) is 5.91 Å². The summed E-state index contributed by atoms with van der Waals surface area (Å²) in [6.45, 7) is 2.71. The van der Waals surface area contributed by atoms with Gasteiger partial charge in [-0.25, -0.2) is 4.39 Å². The van der Waals surface area contributed by atoms with Crippen LogP contribution in [-0.2, 0) is 11.3 Å². The largest absolute Gasteiger partial charge is 0.342 e. The molecule has 2 aliphatic rings. The monoisotopic (exact) mass is 473 g/mol. The van der Waals surface area contributed by atoms with Crippen molar-refractivity contribution in [1.29, 1.82) is 5.41 Å². The first-order valence-corrected chi connectivity index (χ1v) is 12.2. The molecule has 3 heterocycles. The molecule has 2 aromatic carbocycles. The molecule has 0 radical (unpaired) electrons. The summed E-state index contributed by atoms with van der Waals surface area (Å²) in [5, 5.41) is 17.0. The van der Waals surface area contributed by atoms with E-state index in [4.69, 9.17) is 5.41 Å². The molecule has 8 heteroatoms. The minimum absolute atomic E-state index is 0.0448. The fourth-order valence-corrected chi connectivity index (χ4v) is 5.05. The molecule has 2 aliphatic heterocycles. The zero-order valence-electron chi connectivity index (χ0n) is 18.8. The summed E-state index contributed by atoms with van der Waals surface area (Å²) in [4.78, 5) is 17.1. The van der Waals surface area contributed by atoms with Gasteiger partial charge >= 0.3 is 0 Å². The zero-order chi connectivity index (χ0) is 23.7. The maximum atomic E-state index is 13.3. The molecule has 0 unspecified atom stereocenters. The Morgan fingerprint density at radius 1 is 1.12 bits per heavy atom. The molecule has 0 aliphatic carbocycles. The van der Waals surface area contributed by atoms with Gasteiger partial charge in [0.15, 0.2) is 5.84 Å². The molecule has 3 aromatic rings. The number of benzene rings is 2. The van der Waals surface area contributed by atoms with Crippen molar-refractivity contribution in [1.82, 2.24) is 9.58 Å². The summed E-state index contributed by atoms with van der Waals surface area (Å²) >= 11 is 1.38. The normalized spacial score (nSPS) is 16.9. The number of carbonyl (C=O) groups is 1. The van der Waals surface area contributed by atoms with Crippen molar-refractivity contribution in [2.75, 3.05) is 0 Å². The Hall–Kier alpha value is -3.52. The lowest BCUT2D eigenvalue weighted by Gasteiger charge is -2.20. The van der Waals surface area contributed by atoms with E-state index >= 15 is 0 Å². The predicted octanol–water partition coefficient (Wildman–Crippen LogP) is 6.03. The topological polar surface area (TPSA) is 73.8 Å². The lowest BCUT2D eigenvalue weighted by atomic mass is 10.1. The maximum absolute atomic E-state index is 13.3. The van der Waals surface area contributed by atoms with E-state index in [1.807, 2.05) is 30.5 Å². The molecule has 5 rings (SSSR count). The standard InChI is InChI=1S/C26H24FN5OS/c1-2-3-4-9-23-30-32-24(28)21(25(33)29-26(32)34-23)14-18-16-31(22-8-6-5-7-20(18)22)15-17-10-12-19(27)13-11-17/h5-8,10-14,16,28H,2-4,9,15H2,1H3/b21-14+,28-24?. The molecule has 0 spiro atoms. The molecule has 34 heavy (non-hydrogen) atoms. The van der Waals surface area contributed by atoms with Gasteiger partial charge in [0.05, 0.1) is 5.57 Å². The van der Waals surface area contributed by atoms with Crippen molar-refractivity contribution < 1.29 is 9.18 Å². The summed E-state index contributed by atoms with van der Waals surface area (Å²) in [5.74, 6) is -0.649. The molecule has 1 aromatic heterocycles. The summed E-state index contributed by atoms with van der Waals surface area (Å²) < 4.78 is 15.4. The summed E-state index contributed by atoms with van der Waals surface area (Å²) in [6.07, 6.45) is 7.78. The number of nitrogens with one attached hydrogen (secondary N) is 1. The minimum Gasteiger partial charge on any atom is -0.342 e. The highest BCUT2D eigenvalue weighted by atomic mass is 32.2. The van der Waals surface area contributed by atoms with E-state index in [1.165, 1.54) is 28.9 Å². The Morgan fingerprint density at radius 2 is 1.91 bits per heavy atom. The van der Waals surface area contributed by atoms with Crippen LogP contribution in [0.3, 0.4) is 0 Å². The van der Waals surface area contributed by atoms with E-state index in [-0.39, 0.29) is 17.2 Å². The number of nitrogens with zero attached hydrogens (tertiary/aromatic N) is 4. The Morgan fingerprint density at radius 3 is 2.71 bits per heavy atom. The lowest BCUT2D eigenvalue weighted by molar-refractivity contribution is -0.114. The van der Waals surface area contributed by atoms with Crippen LogP contribution >= 0.6 is 11.8 Å². The third-order valence-electron chi connectivity index (χ3n) is 5.88. The van der Waals surface area contributed by atoms with E-state index in [2.05, 4.69) is 21.6 Å². The van der Waals surface area contributed by atoms with Crippen LogP contribution in [0.4, 0.5) is 4.39 Å². The Bertz CT molecular complexity index is 1370. The van der Waals surface area contributed by atoms with Crippen molar-refractivity contribution in [3.05, 3.63) is 77.2 Å². The maximum Gasteiger partial charge on any atom is 0.283 e. The van der Waals surface area contributed by atoms with Crippen LogP contribution in [0.15, 0.2) is 70.4 Å². The second-order valence-corrected chi connectivity index (χ2v) is 9.37. The van der Waals surface area contributed by atoms with Gasteiger partial charge < -0.3 is 4.57 Å². The molecule has 1 amide bonds. The molecular formula is C26H24FN5OS. The number of fused-ring (bicyclic) bond motifs is 2. The summed E-state index contributed by atoms with van der Waals surface area (Å²) in [5.41, 5.74) is 3.00. The van der Waals surface area contributed by atoms with Gasteiger partial charge in [0.2, 0.25) is 5.17 Å². The molecule has 1 N–H and O–H groups in total. The van der Waals surface area contributed by atoms with Gasteiger partial charge in [-0.2, -0.15) is 15.1 Å². The number of para-hydroxylation sites is 1. The minimum atomic E-state index is -0.427. The van der Waals surface area contributed by atoms with Crippen LogP contribution in [0, 0.1) is 11.2 Å². The summed E-state index contributed by atoms with van der Waals surface area (Å²) in [7, 11) is 0. The molecule has 0 bridgehead atoms. The molecule has 0 fully saturated rings. The number of halogens is 1. The number of aromatic nitrogens is 1. The van der Waals surface area contributed by atoms with Crippen molar-refractivity contribution in [2.24, 2.45) is 10.1 Å². The third-order valence-corrected chi connectivity index (χ3v) is 6.84. The number of hydrazone groups is 1. The number of hydrogen-bond acceptors (Lipinski definition) is 4. The number of amides is 1. The molecule has 0 atom stereocenters. The van der Waals surface area contributed by atoms with Gasteiger partial charge in [0, 0.05) is 29.2 Å². The molecule has 0 saturated carbocycles. The molecule has 0 saturated heterocycles. The average molecular weight is 474 g/mol. The number of amidine groups is 2. The number of unbranched alkanes of at least 4 members (excludes halogenated alkanes) is 2. The summed E-state index contributed by atoms with van der Waals surface area (Å²) in [6, 6.07) is 14.3. The van der Waals surface area contributed by atoms with Crippen molar-refractivity contribution in [3.63, 3.8) is 0 Å². The van der Waals surface area contributed by atoms with E-state index < -0.39 is 5.91 Å². The number of rotatable bonds is 7. The van der Waals surface area contributed by atoms with Gasteiger partial charge in [-0.1, -0.05) is 50.1 Å². The highest BCUT2D eigenvalue weighted by Gasteiger charge is 2.35. The zero-order valence-corrected chi connectivity index (χ0v) is 19.6. The van der Waals surface area contributed by atoms with Gasteiger partial charge in [-0.15, -0.1) is 0 Å². The second kappa shape index (κ2) is 9.38. The SMILES string of the molecule is CCCCCC1=NN2C(=N)/C(=C\c3cn(Cc4ccc(F)cc4)c4ccccc34)C(=O)N=C2S1. The Balaban J connectivity index is 1.47. The smallest absolute Gasteiger partial charge is 0.283 e. The van der Waals surface area contributed by atoms with E-state index in [1.54, 1.807) is 18.2 Å². The number of carbonyl (C=O) groups excluding carboxylic acids is 1. The van der Waals surface area contributed by atoms with E-state index in [9.17, 15) is 9.18 Å². The molecular weight excluding hydrogens is 449 g/mol. The van der Waals surface area contributed by atoms with Gasteiger partial charge in [-0.3, -0.25) is 10.2 Å². The Labute approximate surface area is 201 Å². The molecule has 6 nitrogen and oxygen atoms in total. The average Bonchev–Trinajstić information content (AvgIpc) is 3.40. The first-order chi connectivity index (χ1) is 16.5.